The summed E-state index contributed by atoms with van der Waals surface area (Å²) >= 11 is 1.39. The highest BCUT2D eigenvalue weighted by molar-refractivity contribution is 7.98. The average molecular weight is 350 g/mol. The molecule has 9 heteroatoms. The van der Waals surface area contributed by atoms with Crippen molar-refractivity contribution in [2.45, 2.75) is 11.8 Å². The monoisotopic (exact) mass is 350 g/mol. The summed E-state index contributed by atoms with van der Waals surface area (Å²) in [5.41, 5.74) is 0.711. The molecule has 0 unspecified atom stereocenters. The van der Waals surface area contributed by atoms with Gasteiger partial charge in [-0.05, 0) is 48.2 Å². The van der Waals surface area contributed by atoms with Crippen LogP contribution in [0.3, 0.4) is 0 Å². The number of ether oxygens (including phenoxy) is 1. The van der Waals surface area contributed by atoms with Crippen molar-refractivity contribution in [2.24, 2.45) is 5.10 Å². The van der Waals surface area contributed by atoms with Crippen molar-refractivity contribution in [3.8, 4) is 17.3 Å². The van der Waals surface area contributed by atoms with Crippen LogP contribution in [0.1, 0.15) is 5.56 Å². The van der Waals surface area contributed by atoms with E-state index in [-0.39, 0.29) is 5.75 Å². The number of aromatic nitrogens is 3. The maximum atomic E-state index is 12.1. The first-order chi connectivity index (χ1) is 11.7. The number of benzene rings is 1. The number of thioether (sulfide) groups is 1. The molecule has 0 saturated carbocycles. The molecule has 0 bridgehead atoms. The third-order valence-electron chi connectivity index (χ3n) is 2.96. The van der Waals surface area contributed by atoms with Gasteiger partial charge in [-0.25, -0.2) is 0 Å². The molecule has 0 saturated heterocycles. The first kappa shape index (κ1) is 16.2. The van der Waals surface area contributed by atoms with Crippen LogP contribution in [0.4, 0.5) is 8.78 Å². The second-order valence-corrected chi connectivity index (χ2v) is 5.26. The molecule has 0 N–H and O–H groups in total. The van der Waals surface area contributed by atoms with Gasteiger partial charge >= 0.3 is 6.61 Å². The van der Waals surface area contributed by atoms with Crippen molar-refractivity contribution < 1.29 is 17.9 Å². The highest BCUT2D eigenvalue weighted by Crippen LogP contribution is 2.23. The molecule has 0 radical (unpaired) electrons. The predicted molar refractivity (Wildman–Crippen MR) is 85.6 cm³/mol. The fourth-order valence-corrected chi connectivity index (χ4v) is 2.35. The number of hydrogen-bond acceptors (Lipinski definition) is 6. The van der Waals surface area contributed by atoms with Gasteiger partial charge in [-0.15, -0.1) is 10.2 Å². The molecule has 0 amide bonds. The Hall–Kier alpha value is -2.68. The van der Waals surface area contributed by atoms with E-state index in [4.69, 9.17) is 4.42 Å². The number of rotatable bonds is 6. The van der Waals surface area contributed by atoms with Gasteiger partial charge in [0.25, 0.3) is 0 Å². The molecule has 6 nitrogen and oxygen atoms in total. The van der Waals surface area contributed by atoms with Gasteiger partial charge in [-0.3, -0.25) is 0 Å². The van der Waals surface area contributed by atoms with Crippen LogP contribution in [0.15, 0.2) is 57.3 Å². The summed E-state index contributed by atoms with van der Waals surface area (Å²) in [6, 6.07) is 9.65. The fourth-order valence-electron chi connectivity index (χ4n) is 1.92. The standard InChI is InChI=1S/C15H12F2N4O2S/c1-24-15-20-19-13(12-3-2-8-22-12)21(15)18-9-10-4-6-11(7-5-10)23-14(16)17/h2-9,14H,1H3/b18-9+. The van der Waals surface area contributed by atoms with Crippen LogP contribution in [0.2, 0.25) is 0 Å². The fraction of sp³-hybridized carbons (Fsp3) is 0.133. The molecule has 0 atom stereocenters. The Morgan fingerprint density at radius 2 is 2.04 bits per heavy atom. The largest absolute Gasteiger partial charge is 0.461 e. The molecule has 0 aliphatic carbocycles. The zero-order chi connectivity index (χ0) is 16.9. The average Bonchev–Trinajstić information content (AvgIpc) is 3.22. The second kappa shape index (κ2) is 7.26. The molecular weight excluding hydrogens is 338 g/mol. The minimum Gasteiger partial charge on any atom is -0.461 e. The molecule has 3 aromatic rings. The van der Waals surface area contributed by atoms with Crippen molar-refractivity contribution >= 4 is 18.0 Å². The predicted octanol–water partition coefficient (Wildman–Crippen LogP) is 3.74. The van der Waals surface area contributed by atoms with Gasteiger partial charge in [0.1, 0.15) is 5.75 Å². The van der Waals surface area contributed by atoms with E-state index in [1.165, 1.54) is 23.9 Å². The van der Waals surface area contributed by atoms with E-state index < -0.39 is 6.61 Å². The Morgan fingerprint density at radius 1 is 1.25 bits per heavy atom. The Labute approximate surface area is 140 Å². The highest BCUT2D eigenvalue weighted by atomic mass is 32.2. The van der Waals surface area contributed by atoms with Crippen LogP contribution >= 0.6 is 11.8 Å². The van der Waals surface area contributed by atoms with Crippen molar-refractivity contribution in [3.05, 3.63) is 48.2 Å². The number of alkyl halides is 2. The lowest BCUT2D eigenvalue weighted by atomic mass is 10.2. The van der Waals surface area contributed by atoms with Crippen LogP contribution < -0.4 is 4.74 Å². The molecule has 0 aliphatic rings. The number of hydrogen-bond donors (Lipinski definition) is 0. The van der Waals surface area contributed by atoms with Crippen molar-refractivity contribution in [1.29, 1.82) is 0 Å². The van der Waals surface area contributed by atoms with E-state index in [0.29, 0.717) is 22.3 Å². The Balaban J connectivity index is 1.85. The van der Waals surface area contributed by atoms with Crippen LogP contribution in [0.5, 0.6) is 5.75 Å². The first-order valence-corrected chi connectivity index (χ1v) is 8.02. The lowest BCUT2D eigenvalue weighted by Crippen LogP contribution is -2.01. The summed E-state index contributed by atoms with van der Waals surface area (Å²) in [7, 11) is 0. The van der Waals surface area contributed by atoms with Gasteiger partial charge in [0, 0.05) is 0 Å². The third kappa shape index (κ3) is 3.62. The summed E-state index contributed by atoms with van der Waals surface area (Å²) in [5.74, 6) is 1.10. The summed E-state index contributed by atoms with van der Waals surface area (Å²) in [4.78, 5) is 0. The zero-order valence-electron chi connectivity index (χ0n) is 12.5. The molecule has 0 aliphatic heterocycles. The van der Waals surface area contributed by atoms with Crippen molar-refractivity contribution in [1.82, 2.24) is 14.9 Å². The molecule has 24 heavy (non-hydrogen) atoms. The molecular formula is C15H12F2N4O2S. The van der Waals surface area contributed by atoms with Crippen LogP contribution in [-0.2, 0) is 0 Å². The number of nitrogens with zero attached hydrogens (tertiary/aromatic N) is 4. The third-order valence-corrected chi connectivity index (χ3v) is 3.58. The molecule has 0 spiro atoms. The zero-order valence-corrected chi connectivity index (χ0v) is 13.3. The maximum Gasteiger partial charge on any atom is 0.387 e. The number of furan rings is 1. The topological polar surface area (TPSA) is 65.4 Å². The lowest BCUT2D eigenvalue weighted by molar-refractivity contribution is -0.0498. The summed E-state index contributed by atoms with van der Waals surface area (Å²) in [6.07, 6.45) is 4.97. The van der Waals surface area contributed by atoms with Gasteiger partial charge in [0.2, 0.25) is 11.0 Å². The van der Waals surface area contributed by atoms with Gasteiger partial charge < -0.3 is 9.15 Å². The molecule has 0 fully saturated rings. The minimum atomic E-state index is -2.85. The Bertz CT molecular complexity index is 817. The van der Waals surface area contributed by atoms with Crippen LogP contribution in [-0.4, -0.2) is 34.0 Å². The SMILES string of the molecule is CSc1nnc(-c2ccco2)n1/N=C/c1ccc(OC(F)F)cc1. The van der Waals surface area contributed by atoms with Gasteiger partial charge in [0.15, 0.2) is 5.76 Å². The molecule has 1 aromatic carbocycles. The molecule has 2 heterocycles. The summed E-state index contributed by atoms with van der Waals surface area (Å²) in [5, 5.41) is 13.1. The molecule has 3 rings (SSSR count). The first-order valence-electron chi connectivity index (χ1n) is 6.80. The van der Waals surface area contributed by atoms with Gasteiger partial charge in [-0.2, -0.15) is 18.6 Å². The summed E-state index contributed by atoms with van der Waals surface area (Å²) < 4.78 is 35.5. The van der Waals surface area contributed by atoms with E-state index in [0.717, 1.165) is 0 Å². The smallest absolute Gasteiger partial charge is 0.387 e. The van der Waals surface area contributed by atoms with Crippen molar-refractivity contribution in [3.63, 3.8) is 0 Å². The van der Waals surface area contributed by atoms with E-state index in [9.17, 15) is 8.78 Å². The number of halogens is 2. The Kier molecular flexibility index (Phi) is 4.90. The van der Waals surface area contributed by atoms with Gasteiger partial charge in [-0.1, -0.05) is 11.8 Å². The second-order valence-electron chi connectivity index (χ2n) is 4.49. The van der Waals surface area contributed by atoms with Crippen molar-refractivity contribution in [2.75, 3.05) is 6.26 Å². The Morgan fingerprint density at radius 3 is 2.67 bits per heavy atom. The lowest BCUT2D eigenvalue weighted by Gasteiger charge is -2.04. The van der Waals surface area contributed by atoms with Gasteiger partial charge in [0.05, 0.1) is 12.5 Å². The van der Waals surface area contributed by atoms with E-state index >= 15 is 0 Å². The quantitative estimate of drug-likeness (QED) is 0.500. The summed E-state index contributed by atoms with van der Waals surface area (Å²) in [6.45, 7) is -2.85. The van der Waals surface area contributed by atoms with Crippen LogP contribution in [0, 0.1) is 0 Å². The molecule has 124 valence electrons. The highest BCUT2D eigenvalue weighted by Gasteiger charge is 2.14. The normalized spacial score (nSPS) is 11.5. The maximum absolute atomic E-state index is 12.1. The van der Waals surface area contributed by atoms with E-state index in [2.05, 4.69) is 20.0 Å². The molecule has 2 aromatic heterocycles. The van der Waals surface area contributed by atoms with E-state index in [1.807, 2.05) is 6.26 Å². The van der Waals surface area contributed by atoms with Crippen LogP contribution in [0.25, 0.3) is 11.6 Å². The minimum absolute atomic E-state index is 0.0903. The van der Waals surface area contributed by atoms with E-state index in [1.54, 1.807) is 41.4 Å².